The number of halogens is 3. The maximum Gasteiger partial charge on any atom is 0.196 e. The smallest absolute Gasteiger partial charge is 0.196 e. The molecule has 0 fully saturated rings. The lowest BCUT2D eigenvalue weighted by Crippen LogP contribution is -2.04. The normalized spacial score (nSPS) is 10.6. The highest BCUT2D eigenvalue weighted by Crippen LogP contribution is 2.20. The summed E-state index contributed by atoms with van der Waals surface area (Å²) in [6.45, 7) is 2.12. The second kappa shape index (κ2) is 4.75. The minimum atomic E-state index is -1.47. The summed E-state index contributed by atoms with van der Waals surface area (Å²) in [6, 6.07) is 2.04. The first-order valence-corrected chi connectivity index (χ1v) is 5.74. The number of nitrogens with one attached hydrogen (secondary N) is 1. The lowest BCUT2D eigenvalue weighted by Gasteiger charge is -2.06. The number of benzene rings is 1. The monoisotopic (exact) mass is 258 g/mol. The molecular formula is C11H9F3N2S. The second-order valence-electron chi connectivity index (χ2n) is 3.43. The van der Waals surface area contributed by atoms with Gasteiger partial charge >= 0.3 is 0 Å². The molecule has 0 atom stereocenters. The average Bonchev–Trinajstić information content (AvgIpc) is 2.71. The Morgan fingerprint density at radius 1 is 1.24 bits per heavy atom. The van der Waals surface area contributed by atoms with Crippen LogP contribution in [0, 0.1) is 24.4 Å². The van der Waals surface area contributed by atoms with Gasteiger partial charge in [-0.15, -0.1) is 11.3 Å². The van der Waals surface area contributed by atoms with Crippen molar-refractivity contribution in [1.29, 1.82) is 0 Å². The molecule has 1 aromatic carbocycles. The van der Waals surface area contributed by atoms with E-state index in [0.717, 1.165) is 22.8 Å². The summed E-state index contributed by atoms with van der Waals surface area (Å²) in [7, 11) is 0. The number of hydrogen-bond acceptors (Lipinski definition) is 3. The first kappa shape index (κ1) is 11.9. The Labute approximate surface area is 100 Å². The van der Waals surface area contributed by atoms with Crippen LogP contribution in [-0.4, -0.2) is 4.98 Å². The Kier molecular flexibility index (Phi) is 3.33. The van der Waals surface area contributed by atoms with Gasteiger partial charge in [0.1, 0.15) is 0 Å². The predicted molar refractivity (Wildman–Crippen MR) is 60.5 cm³/mol. The first-order chi connectivity index (χ1) is 8.08. The van der Waals surface area contributed by atoms with Crippen molar-refractivity contribution in [3.63, 3.8) is 0 Å². The molecule has 0 aliphatic rings. The molecule has 1 N–H and O–H groups in total. The zero-order chi connectivity index (χ0) is 12.4. The number of nitrogens with zero attached hydrogens (tertiary/aromatic N) is 1. The molecule has 0 aliphatic carbocycles. The van der Waals surface area contributed by atoms with Crippen LogP contribution < -0.4 is 5.32 Å². The molecular weight excluding hydrogens is 249 g/mol. The molecule has 0 bridgehead atoms. The van der Waals surface area contributed by atoms with Crippen LogP contribution in [0.4, 0.5) is 18.9 Å². The van der Waals surface area contributed by atoms with E-state index >= 15 is 0 Å². The van der Waals surface area contributed by atoms with Gasteiger partial charge in [-0.3, -0.25) is 0 Å². The Bertz CT molecular complexity index is 540. The van der Waals surface area contributed by atoms with E-state index in [1.54, 1.807) is 0 Å². The van der Waals surface area contributed by atoms with Gasteiger partial charge in [0, 0.05) is 5.38 Å². The largest absolute Gasteiger partial charge is 0.377 e. The lowest BCUT2D eigenvalue weighted by molar-refractivity contribution is 0.449. The van der Waals surface area contributed by atoms with E-state index in [0.29, 0.717) is 0 Å². The summed E-state index contributed by atoms with van der Waals surface area (Å²) >= 11 is 1.47. The number of rotatable bonds is 3. The van der Waals surface area contributed by atoms with Crippen LogP contribution in [0.3, 0.4) is 0 Å². The fourth-order valence-electron chi connectivity index (χ4n) is 1.34. The van der Waals surface area contributed by atoms with Crippen LogP contribution in [0.1, 0.15) is 10.7 Å². The zero-order valence-electron chi connectivity index (χ0n) is 8.93. The first-order valence-electron chi connectivity index (χ1n) is 4.86. The predicted octanol–water partition coefficient (Wildman–Crippen LogP) is 3.48. The van der Waals surface area contributed by atoms with Gasteiger partial charge in [-0.05, 0) is 19.1 Å². The fraction of sp³-hybridized carbons (Fsp3) is 0.182. The van der Waals surface area contributed by atoms with Gasteiger partial charge in [-0.25, -0.2) is 18.2 Å². The van der Waals surface area contributed by atoms with E-state index < -0.39 is 17.5 Å². The molecule has 0 saturated carbocycles. The summed E-state index contributed by atoms with van der Waals surface area (Å²) < 4.78 is 38.9. The SMILES string of the molecule is Cc1nc(CNc2ccc(F)c(F)c2F)cs1. The molecule has 2 rings (SSSR count). The fourth-order valence-corrected chi connectivity index (χ4v) is 1.95. The molecule has 0 radical (unpaired) electrons. The van der Waals surface area contributed by atoms with Crippen molar-refractivity contribution in [3.8, 4) is 0 Å². The molecule has 90 valence electrons. The highest BCUT2D eigenvalue weighted by Gasteiger charge is 2.13. The second-order valence-corrected chi connectivity index (χ2v) is 4.50. The topological polar surface area (TPSA) is 24.9 Å². The molecule has 6 heteroatoms. The van der Waals surface area contributed by atoms with E-state index in [1.165, 1.54) is 11.3 Å². The standard InChI is InChI=1S/C11H9F3N2S/c1-6-16-7(5-17-6)4-15-9-3-2-8(12)10(13)11(9)14/h2-3,5,15H,4H2,1H3. The zero-order valence-corrected chi connectivity index (χ0v) is 9.75. The molecule has 2 aromatic rings. The number of thiazole rings is 1. The Balaban J connectivity index is 2.12. The third-order valence-electron chi connectivity index (χ3n) is 2.16. The van der Waals surface area contributed by atoms with Crippen LogP contribution in [0.15, 0.2) is 17.5 Å². The van der Waals surface area contributed by atoms with Gasteiger partial charge in [-0.2, -0.15) is 0 Å². The molecule has 0 spiro atoms. The lowest BCUT2D eigenvalue weighted by atomic mass is 10.2. The number of hydrogen-bond donors (Lipinski definition) is 1. The van der Waals surface area contributed by atoms with Crippen molar-refractivity contribution >= 4 is 17.0 Å². The third-order valence-corrected chi connectivity index (χ3v) is 2.98. The van der Waals surface area contributed by atoms with Gasteiger partial charge in [0.2, 0.25) is 0 Å². The summed E-state index contributed by atoms with van der Waals surface area (Å²) in [5.74, 6) is -3.88. The van der Waals surface area contributed by atoms with Gasteiger partial charge in [0.25, 0.3) is 0 Å². The van der Waals surface area contributed by atoms with Crippen LogP contribution in [0.2, 0.25) is 0 Å². The minimum Gasteiger partial charge on any atom is -0.377 e. The minimum absolute atomic E-state index is 0.0745. The van der Waals surface area contributed by atoms with Crippen molar-refractivity contribution in [2.75, 3.05) is 5.32 Å². The number of aromatic nitrogens is 1. The van der Waals surface area contributed by atoms with E-state index in [9.17, 15) is 13.2 Å². The van der Waals surface area contributed by atoms with Crippen molar-refractivity contribution < 1.29 is 13.2 Å². The summed E-state index contributed by atoms with van der Waals surface area (Å²) in [5, 5.41) is 5.39. The summed E-state index contributed by atoms with van der Waals surface area (Å²) in [6.07, 6.45) is 0. The molecule has 0 amide bonds. The number of anilines is 1. The van der Waals surface area contributed by atoms with Crippen LogP contribution in [0.5, 0.6) is 0 Å². The van der Waals surface area contributed by atoms with E-state index in [-0.39, 0.29) is 12.2 Å². The highest BCUT2D eigenvalue weighted by molar-refractivity contribution is 7.09. The van der Waals surface area contributed by atoms with E-state index in [4.69, 9.17) is 0 Å². The number of aryl methyl sites for hydroxylation is 1. The van der Waals surface area contributed by atoms with Crippen LogP contribution in [0.25, 0.3) is 0 Å². The van der Waals surface area contributed by atoms with Gasteiger partial charge in [0.05, 0.1) is 22.9 Å². The van der Waals surface area contributed by atoms with Gasteiger partial charge in [0.15, 0.2) is 17.5 Å². The van der Waals surface area contributed by atoms with Crippen molar-refractivity contribution in [1.82, 2.24) is 4.98 Å². The molecule has 0 aliphatic heterocycles. The average molecular weight is 258 g/mol. The Morgan fingerprint density at radius 2 is 2.00 bits per heavy atom. The summed E-state index contributed by atoms with van der Waals surface area (Å²) in [4.78, 5) is 4.16. The van der Waals surface area contributed by atoms with Crippen molar-refractivity contribution in [2.24, 2.45) is 0 Å². The molecule has 1 aromatic heterocycles. The maximum atomic E-state index is 13.3. The molecule has 2 nitrogen and oxygen atoms in total. The molecule has 0 saturated heterocycles. The molecule has 17 heavy (non-hydrogen) atoms. The molecule has 1 heterocycles. The van der Waals surface area contributed by atoms with Crippen molar-refractivity contribution in [3.05, 3.63) is 45.7 Å². The van der Waals surface area contributed by atoms with Gasteiger partial charge < -0.3 is 5.32 Å². The van der Waals surface area contributed by atoms with Crippen LogP contribution in [-0.2, 0) is 6.54 Å². The molecule has 0 unspecified atom stereocenters. The van der Waals surface area contributed by atoms with Gasteiger partial charge in [-0.1, -0.05) is 0 Å². The quantitative estimate of drug-likeness (QED) is 0.852. The van der Waals surface area contributed by atoms with E-state index in [2.05, 4.69) is 10.3 Å². The Hall–Kier alpha value is -1.56. The highest BCUT2D eigenvalue weighted by atomic mass is 32.1. The van der Waals surface area contributed by atoms with Crippen molar-refractivity contribution in [2.45, 2.75) is 13.5 Å². The van der Waals surface area contributed by atoms with Crippen LogP contribution >= 0.6 is 11.3 Å². The third kappa shape index (κ3) is 2.58. The van der Waals surface area contributed by atoms with E-state index in [1.807, 2.05) is 12.3 Å². The Morgan fingerprint density at radius 3 is 2.65 bits per heavy atom. The summed E-state index contributed by atoms with van der Waals surface area (Å²) in [5.41, 5.74) is 0.659. The maximum absolute atomic E-state index is 13.3.